The normalized spacial score (nSPS) is 18.8. The van der Waals surface area contributed by atoms with E-state index in [4.69, 9.17) is 5.73 Å². The Balaban J connectivity index is 2.12. The van der Waals surface area contributed by atoms with Gasteiger partial charge in [-0.2, -0.15) is 0 Å². The first-order valence-corrected chi connectivity index (χ1v) is 5.84. The van der Waals surface area contributed by atoms with E-state index in [2.05, 4.69) is 25.6 Å². The van der Waals surface area contributed by atoms with E-state index in [1.54, 1.807) is 5.38 Å². The third-order valence-electron chi connectivity index (χ3n) is 2.20. The smallest absolute Gasteiger partial charge is 0.276 e. The van der Waals surface area contributed by atoms with Gasteiger partial charge < -0.3 is 15.9 Å². The van der Waals surface area contributed by atoms with Gasteiger partial charge in [0.25, 0.3) is 11.8 Å². The van der Waals surface area contributed by atoms with E-state index in [9.17, 15) is 9.59 Å². The van der Waals surface area contributed by atoms with E-state index < -0.39 is 11.9 Å². The zero-order valence-corrected chi connectivity index (χ0v) is 10.2. The van der Waals surface area contributed by atoms with Gasteiger partial charge >= 0.3 is 0 Å². The van der Waals surface area contributed by atoms with Gasteiger partial charge in [-0.05, 0) is 0 Å². The number of rotatable bonds is 4. The predicted molar refractivity (Wildman–Crippen MR) is 64.0 cm³/mol. The molecule has 1 fully saturated rings. The molecule has 0 unspecified atom stereocenters. The molecule has 1 aliphatic heterocycles. The molecule has 9 heteroatoms. The zero-order valence-electron chi connectivity index (χ0n) is 9.41. The number of hydrogen-bond donors (Lipinski definition) is 2. The van der Waals surface area contributed by atoms with E-state index in [-0.39, 0.29) is 18.2 Å². The van der Waals surface area contributed by atoms with E-state index in [0.29, 0.717) is 10.8 Å². The van der Waals surface area contributed by atoms with E-state index in [1.165, 1.54) is 18.4 Å². The number of thiazole rings is 1. The molecule has 1 radical (unpaired) electrons. The first-order valence-electron chi connectivity index (χ1n) is 4.96. The fourth-order valence-electron chi connectivity index (χ4n) is 1.28. The van der Waals surface area contributed by atoms with Crippen LogP contribution in [0.15, 0.2) is 10.5 Å². The van der Waals surface area contributed by atoms with Gasteiger partial charge in [-0.25, -0.2) is 10.3 Å². The van der Waals surface area contributed by atoms with Gasteiger partial charge in [0.2, 0.25) is 0 Å². The molecular formula is C9H10N5O3S. The number of nitrogens with zero attached hydrogens (tertiary/aromatic N) is 3. The minimum atomic E-state index is -0.587. The third-order valence-corrected chi connectivity index (χ3v) is 2.87. The van der Waals surface area contributed by atoms with Crippen molar-refractivity contribution in [2.45, 2.75) is 6.04 Å². The van der Waals surface area contributed by atoms with Crippen molar-refractivity contribution in [3.63, 3.8) is 0 Å². The summed E-state index contributed by atoms with van der Waals surface area (Å²) in [5.74, 6) is -0.895. The van der Waals surface area contributed by atoms with Crippen molar-refractivity contribution in [3.05, 3.63) is 11.1 Å². The first-order chi connectivity index (χ1) is 8.61. The molecule has 1 aromatic heterocycles. The van der Waals surface area contributed by atoms with E-state index in [1.807, 2.05) is 0 Å². The molecule has 18 heavy (non-hydrogen) atoms. The number of nitrogen functional groups attached to an aromatic ring is 1. The molecule has 2 amide bonds. The maximum atomic E-state index is 11.9. The van der Waals surface area contributed by atoms with Crippen LogP contribution in [0.25, 0.3) is 0 Å². The molecule has 0 bridgehead atoms. The highest BCUT2D eigenvalue weighted by Crippen LogP contribution is 2.12. The van der Waals surface area contributed by atoms with Crippen molar-refractivity contribution < 1.29 is 14.4 Å². The van der Waals surface area contributed by atoms with Gasteiger partial charge in [0, 0.05) is 5.38 Å². The molecule has 2 rings (SSSR count). The number of anilines is 1. The highest BCUT2D eigenvalue weighted by Gasteiger charge is 2.33. The summed E-state index contributed by atoms with van der Waals surface area (Å²) in [6.07, 6.45) is 0. The van der Waals surface area contributed by atoms with Crippen LogP contribution in [0.2, 0.25) is 0 Å². The molecule has 0 spiro atoms. The second-order valence-electron chi connectivity index (χ2n) is 3.40. The van der Waals surface area contributed by atoms with Crippen LogP contribution < -0.4 is 16.4 Å². The Kier molecular flexibility index (Phi) is 3.42. The van der Waals surface area contributed by atoms with Crippen molar-refractivity contribution in [2.24, 2.45) is 5.16 Å². The van der Waals surface area contributed by atoms with Crippen LogP contribution in [-0.2, 0) is 14.4 Å². The Labute approximate surface area is 106 Å². The summed E-state index contributed by atoms with van der Waals surface area (Å²) in [6.45, 7) is 0.282. The summed E-state index contributed by atoms with van der Waals surface area (Å²) >= 11 is 1.18. The third kappa shape index (κ3) is 2.40. The molecule has 1 atom stereocenters. The minimum Gasteiger partial charge on any atom is -0.398 e. The van der Waals surface area contributed by atoms with Crippen molar-refractivity contribution in [1.82, 2.24) is 15.6 Å². The molecule has 0 saturated carbocycles. The number of oxime groups is 1. The minimum absolute atomic E-state index is 0.0230. The van der Waals surface area contributed by atoms with Crippen LogP contribution in [0, 0.1) is 0 Å². The van der Waals surface area contributed by atoms with Crippen molar-refractivity contribution in [1.29, 1.82) is 0 Å². The van der Waals surface area contributed by atoms with Crippen LogP contribution in [0.3, 0.4) is 0 Å². The number of aromatic nitrogens is 1. The molecule has 3 N–H and O–H groups in total. The fourth-order valence-corrected chi connectivity index (χ4v) is 1.83. The summed E-state index contributed by atoms with van der Waals surface area (Å²) < 4.78 is 0. The van der Waals surface area contributed by atoms with Crippen molar-refractivity contribution >= 4 is 34.0 Å². The summed E-state index contributed by atoms with van der Waals surface area (Å²) in [5, 5.41) is 11.5. The van der Waals surface area contributed by atoms with Gasteiger partial charge in [-0.1, -0.05) is 5.16 Å². The largest absolute Gasteiger partial charge is 0.398 e. The summed E-state index contributed by atoms with van der Waals surface area (Å²) in [6, 6.07) is -0.587. The lowest BCUT2D eigenvalue weighted by atomic mass is 10.1. The van der Waals surface area contributed by atoms with Crippen LogP contribution in [0.1, 0.15) is 5.69 Å². The predicted octanol–water partition coefficient (Wildman–Crippen LogP) is -1.29. The average molecular weight is 268 g/mol. The summed E-state index contributed by atoms with van der Waals surface area (Å²) in [5.41, 5.74) is 5.77. The number of carbonyl (C=O) groups excluding carboxylic acids is 2. The molecule has 95 valence electrons. The lowest BCUT2D eigenvalue weighted by Gasteiger charge is -2.23. The van der Waals surface area contributed by atoms with Crippen LogP contribution in [0.4, 0.5) is 5.13 Å². The Morgan fingerprint density at radius 3 is 2.94 bits per heavy atom. The second-order valence-corrected chi connectivity index (χ2v) is 4.29. The van der Waals surface area contributed by atoms with Crippen molar-refractivity contribution in [2.75, 3.05) is 19.4 Å². The molecule has 8 nitrogen and oxygen atoms in total. The van der Waals surface area contributed by atoms with Gasteiger partial charge in [0.05, 0.1) is 6.54 Å². The molecule has 1 aliphatic rings. The molecule has 2 heterocycles. The Bertz CT molecular complexity index is 512. The maximum absolute atomic E-state index is 11.9. The SMILES string of the molecule is CON=C(C(=O)N[C@H]1C[N]C1=O)c1csc(N)n1. The van der Waals surface area contributed by atoms with Gasteiger partial charge in [0.15, 0.2) is 10.8 Å². The lowest BCUT2D eigenvalue weighted by molar-refractivity contribution is -0.131. The number of carbonyl (C=O) groups is 2. The molecule has 1 aromatic rings. The average Bonchev–Trinajstić information content (AvgIpc) is 2.77. The van der Waals surface area contributed by atoms with Crippen LogP contribution in [-0.4, -0.2) is 42.2 Å². The number of nitrogens with one attached hydrogen (secondary N) is 1. The number of amides is 2. The second kappa shape index (κ2) is 5.00. The molecule has 0 aromatic carbocycles. The Morgan fingerprint density at radius 1 is 1.72 bits per heavy atom. The van der Waals surface area contributed by atoms with E-state index >= 15 is 0 Å². The number of hydrogen-bond acceptors (Lipinski definition) is 7. The standard InChI is InChI=1S/C9H10N5O3S/c1-17-14-6(5-3-18-9(10)13-5)8(16)12-4-2-11-7(4)15/h3-4H,2H2,1H3,(H2,10,13)(H,12,16)/t4-/m0/s1. The van der Waals surface area contributed by atoms with E-state index in [0.717, 1.165) is 0 Å². The van der Waals surface area contributed by atoms with Crippen LogP contribution in [0.5, 0.6) is 0 Å². The zero-order chi connectivity index (χ0) is 13.1. The highest BCUT2D eigenvalue weighted by molar-refractivity contribution is 7.13. The Hall–Kier alpha value is -2.16. The number of β-lactam (4-membered cyclic amide) rings is 1. The van der Waals surface area contributed by atoms with Crippen LogP contribution >= 0.6 is 11.3 Å². The molecule has 1 saturated heterocycles. The van der Waals surface area contributed by atoms with Crippen molar-refractivity contribution in [3.8, 4) is 0 Å². The maximum Gasteiger partial charge on any atom is 0.276 e. The quantitative estimate of drug-likeness (QED) is 0.399. The number of nitrogens with two attached hydrogens (primary N) is 1. The molecule has 0 aliphatic carbocycles. The van der Waals surface area contributed by atoms with Gasteiger partial charge in [0.1, 0.15) is 18.8 Å². The lowest BCUT2D eigenvalue weighted by Crippen LogP contribution is -2.59. The topological polar surface area (TPSA) is 121 Å². The highest BCUT2D eigenvalue weighted by atomic mass is 32.1. The monoisotopic (exact) mass is 268 g/mol. The van der Waals surface area contributed by atoms with Gasteiger partial charge in [-0.15, -0.1) is 11.3 Å². The Morgan fingerprint density at radius 2 is 2.50 bits per heavy atom. The molecular weight excluding hydrogens is 258 g/mol. The van der Waals surface area contributed by atoms with Gasteiger partial charge in [-0.3, -0.25) is 9.59 Å². The summed E-state index contributed by atoms with van der Waals surface area (Å²) in [4.78, 5) is 31.4. The fraction of sp³-hybridized carbons (Fsp3) is 0.333. The first kappa shape index (κ1) is 12.3. The summed E-state index contributed by atoms with van der Waals surface area (Å²) in [7, 11) is 1.31.